The Kier molecular flexibility index (Phi) is 14.1. The van der Waals surface area contributed by atoms with Crippen LogP contribution < -0.4 is 9.47 Å². The van der Waals surface area contributed by atoms with Crippen molar-refractivity contribution in [1.82, 2.24) is 9.97 Å². The smallest absolute Gasteiger partial charge is 0.278 e. The van der Waals surface area contributed by atoms with Gasteiger partial charge in [0.2, 0.25) is 0 Å². The largest absolute Gasteiger partial charge is 0.471 e. The molecular formula is C20H32N2O8S. The van der Waals surface area contributed by atoms with Crippen LogP contribution in [-0.4, -0.2) is 103 Å². The van der Waals surface area contributed by atoms with Crippen LogP contribution in [0, 0.1) is 0 Å². The van der Waals surface area contributed by atoms with E-state index in [0.29, 0.717) is 91.0 Å². The highest BCUT2D eigenvalue weighted by Crippen LogP contribution is 2.27. The highest BCUT2D eigenvalue weighted by atomic mass is 32.1. The van der Waals surface area contributed by atoms with Gasteiger partial charge in [0.25, 0.3) is 11.8 Å². The zero-order valence-corrected chi connectivity index (χ0v) is 19.0. The first kappa shape index (κ1) is 25.7. The van der Waals surface area contributed by atoms with Crippen LogP contribution in [0.3, 0.4) is 0 Å². The van der Waals surface area contributed by atoms with Gasteiger partial charge in [0.1, 0.15) is 24.2 Å². The van der Waals surface area contributed by atoms with Gasteiger partial charge in [0.15, 0.2) is 0 Å². The number of methoxy groups -OCH3 is 2. The predicted octanol–water partition coefficient (Wildman–Crippen LogP) is 1.81. The zero-order chi connectivity index (χ0) is 22.0. The highest BCUT2D eigenvalue weighted by molar-refractivity contribution is 7.09. The van der Waals surface area contributed by atoms with Crippen LogP contribution in [0.1, 0.15) is 0 Å². The number of hydrogen-bond acceptors (Lipinski definition) is 11. The van der Waals surface area contributed by atoms with Crippen molar-refractivity contribution in [1.29, 1.82) is 0 Å². The molecule has 176 valence electrons. The van der Waals surface area contributed by atoms with Gasteiger partial charge in [-0.15, -0.1) is 11.3 Å². The van der Waals surface area contributed by atoms with Gasteiger partial charge in [0, 0.05) is 25.0 Å². The molecule has 2 aromatic rings. The van der Waals surface area contributed by atoms with Gasteiger partial charge < -0.3 is 37.9 Å². The standard InChI is InChI=1S/C20H32N2O8S/c1-23-3-5-25-7-9-27-11-13-29-19-20(22-18-16-31-15-17(18)21-19)30-14-12-28-10-8-26-6-4-24-2/h15-16H,3-14H2,1-2H3. The number of aromatic nitrogens is 2. The third-order valence-corrected chi connectivity index (χ3v) is 4.51. The summed E-state index contributed by atoms with van der Waals surface area (Å²) < 4.78 is 43.0. The molecule has 0 aromatic carbocycles. The van der Waals surface area contributed by atoms with E-state index in [1.54, 1.807) is 14.2 Å². The summed E-state index contributed by atoms with van der Waals surface area (Å²) in [5, 5.41) is 3.83. The van der Waals surface area contributed by atoms with Crippen molar-refractivity contribution in [2.45, 2.75) is 0 Å². The van der Waals surface area contributed by atoms with E-state index >= 15 is 0 Å². The Hall–Kier alpha value is -1.60. The quantitative estimate of drug-likeness (QED) is 0.272. The van der Waals surface area contributed by atoms with Gasteiger partial charge in [-0.2, -0.15) is 0 Å². The van der Waals surface area contributed by atoms with E-state index in [9.17, 15) is 0 Å². The molecule has 0 atom stereocenters. The molecule has 0 bridgehead atoms. The Morgan fingerprint density at radius 2 is 0.903 bits per heavy atom. The molecule has 0 aliphatic carbocycles. The van der Waals surface area contributed by atoms with Crippen molar-refractivity contribution in [2.75, 3.05) is 93.5 Å². The fraction of sp³-hybridized carbons (Fsp3) is 0.700. The molecule has 0 aliphatic heterocycles. The van der Waals surface area contributed by atoms with Crippen molar-refractivity contribution < 1.29 is 37.9 Å². The molecule has 2 heterocycles. The first-order chi connectivity index (χ1) is 15.3. The lowest BCUT2D eigenvalue weighted by Gasteiger charge is -2.12. The molecule has 0 saturated carbocycles. The number of thiophene rings is 1. The van der Waals surface area contributed by atoms with Gasteiger partial charge in [0.05, 0.1) is 66.1 Å². The molecule has 0 amide bonds. The minimum absolute atomic E-state index is 0.327. The summed E-state index contributed by atoms with van der Waals surface area (Å²) in [6.07, 6.45) is 0. The van der Waals surface area contributed by atoms with Crippen LogP contribution >= 0.6 is 11.3 Å². The Morgan fingerprint density at radius 1 is 0.548 bits per heavy atom. The molecule has 0 unspecified atom stereocenters. The van der Waals surface area contributed by atoms with E-state index in [1.165, 1.54) is 11.3 Å². The Morgan fingerprint density at radius 3 is 1.29 bits per heavy atom. The van der Waals surface area contributed by atoms with E-state index in [-0.39, 0.29) is 0 Å². The minimum Gasteiger partial charge on any atom is -0.471 e. The van der Waals surface area contributed by atoms with Crippen LogP contribution in [0.25, 0.3) is 11.0 Å². The Bertz CT molecular complexity index is 647. The molecule has 10 nitrogen and oxygen atoms in total. The van der Waals surface area contributed by atoms with E-state index in [4.69, 9.17) is 37.9 Å². The van der Waals surface area contributed by atoms with Crippen LogP contribution in [-0.2, 0) is 28.4 Å². The maximum Gasteiger partial charge on any atom is 0.278 e. The fourth-order valence-corrected chi connectivity index (χ4v) is 2.95. The summed E-state index contributed by atoms with van der Waals surface area (Å²) in [4.78, 5) is 8.99. The number of hydrogen-bond donors (Lipinski definition) is 0. The first-order valence-corrected chi connectivity index (χ1v) is 11.1. The summed E-state index contributed by atoms with van der Waals surface area (Å²) in [7, 11) is 3.28. The molecule has 2 aromatic heterocycles. The van der Waals surface area contributed by atoms with E-state index in [2.05, 4.69) is 9.97 Å². The summed E-state index contributed by atoms with van der Waals surface area (Å²) in [5.41, 5.74) is 1.54. The molecule has 0 radical (unpaired) electrons. The van der Waals surface area contributed by atoms with E-state index < -0.39 is 0 Å². The average molecular weight is 461 g/mol. The maximum absolute atomic E-state index is 5.74. The Labute approximate surface area is 186 Å². The third kappa shape index (κ3) is 11.0. The summed E-state index contributed by atoms with van der Waals surface area (Å²) in [6, 6.07) is 0. The topological polar surface area (TPSA) is 99.6 Å². The van der Waals surface area contributed by atoms with Crippen molar-refractivity contribution in [2.24, 2.45) is 0 Å². The van der Waals surface area contributed by atoms with Crippen LogP contribution in [0.2, 0.25) is 0 Å². The van der Waals surface area contributed by atoms with Gasteiger partial charge in [-0.25, -0.2) is 9.97 Å². The lowest BCUT2D eigenvalue weighted by molar-refractivity contribution is 0.0153. The normalized spacial score (nSPS) is 11.3. The fourth-order valence-electron chi connectivity index (χ4n) is 2.28. The number of nitrogens with zero attached hydrogens (tertiary/aromatic N) is 2. The van der Waals surface area contributed by atoms with Crippen molar-refractivity contribution in [3.63, 3.8) is 0 Å². The second kappa shape index (κ2) is 17.0. The Balaban J connectivity index is 1.67. The number of ether oxygens (including phenoxy) is 8. The van der Waals surface area contributed by atoms with Gasteiger partial charge in [-0.1, -0.05) is 0 Å². The van der Waals surface area contributed by atoms with Crippen LogP contribution in [0.15, 0.2) is 10.8 Å². The molecule has 0 spiro atoms. The maximum atomic E-state index is 5.74. The first-order valence-electron chi connectivity index (χ1n) is 10.1. The summed E-state index contributed by atoms with van der Waals surface area (Å²) in [6.45, 7) is 5.71. The van der Waals surface area contributed by atoms with Gasteiger partial charge in [-0.3, -0.25) is 0 Å². The molecule has 0 N–H and O–H groups in total. The molecule has 0 aliphatic rings. The van der Waals surface area contributed by atoms with Crippen molar-refractivity contribution in [3.8, 4) is 11.8 Å². The van der Waals surface area contributed by atoms with E-state index in [0.717, 1.165) is 11.0 Å². The SMILES string of the molecule is COCCOCCOCCOc1nc2cscc2nc1OCCOCCOCCOC. The molecule has 11 heteroatoms. The van der Waals surface area contributed by atoms with Crippen LogP contribution in [0.5, 0.6) is 11.8 Å². The highest BCUT2D eigenvalue weighted by Gasteiger charge is 2.12. The average Bonchev–Trinajstić information content (AvgIpc) is 3.24. The summed E-state index contributed by atoms with van der Waals surface area (Å²) in [5.74, 6) is 0.683. The number of fused-ring (bicyclic) bond motifs is 1. The van der Waals surface area contributed by atoms with Gasteiger partial charge >= 0.3 is 0 Å². The third-order valence-electron chi connectivity index (χ3n) is 3.79. The van der Waals surface area contributed by atoms with Crippen molar-refractivity contribution in [3.05, 3.63) is 10.8 Å². The molecule has 2 rings (SSSR count). The lowest BCUT2D eigenvalue weighted by atomic mass is 10.5. The molecule has 0 saturated heterocycles. The molecule has 31 heavy (non-hydrogen) atoms. The second-order valence-electron chi connectivity index (χ2n) is 6.11. The van der Waals surface area contributed by atoms with Gasteiger partial charge in [-0.05, 0) is 0 Å². The summed E-state index contributed by atoms with van der Waals surface area (Å²) >= 11 is 1.53. The minimum atomic E-state index is 0.327. The lowest BCUT2D eigenvalue weighted by Crippen LogP contribution is -2.15. The number of rotatable bonds is 20. The monoisotopic (exact) mass is 460 g/mol. The zero-order valence-electron chi connectivity index (χ0n) is 18.2. The molecule has 0 fully saturated rings. The second-order valence-corrected chi connectivity index (χ2v) is 6.85. The van der Waals surface area contributed by atoms with E-state index in [1.807, 2.05) is 10.8 Å². The molecular weight excluding hydrogens is 428 g/mol. The predicted molar refractivity (Wildman–Crippen MR) is 115 cm³/mol. The van der Waals surface area contributed by atoms with Crippen LogP contribution in [0.4, 0.5) is 0 Å². The van der Waals surface area contributed by atoms with Crippen molar-refractivity contribution >= 4 is 22.4 Å².